The van der Waals surface area contributed by atoms with E-state index < -0.39 is 0 Å². The number of aliphatic imine (C=N–C) groups is 1. The van der Waals surface area contributed by atoms with Crippen LogP contribution in [0.25, 0.3) is 10.9 Å². The fraction of sp³-hybridized carbons (Fsp3) is 0.233. The molecule has 6 nitrogen and oxygen atoms in total. The summed E-state index contributed by atoms with van der Waals surface area (Å²) >= 11 is 0. The lowest BCUT2D eigenvalue weighted by molar-refractivity contribution is 0.273. The predicted molar refractivity (Wildman–Crippen MR) is 148 cm³/mol. The van der Waals surface area contributed by atoms with Gasteiger partial charge in [0.15, 0.2) is 17.3 Å². The first-order valence-electron chi connectivity index (χ1n) is 12.1. The number of fused-ring (bicyclic) bond motifs is 1. The van der Waals surface area contributed by atoms with Crippen LogP contribution in [0.15, 0.2) is 89.0 Å². The molecular formula is C30H32N4O2. The zero-order valence-electron chi connectivity index (χ0n) is 21.2. The molecule has 0 fully saturated rings. The van der Waals surface area contributed by atoms with Gasteiger partial charge >= 0.3 is 0 Å². The maximum Gasteiger partial charge on any atom is 0.173 e. The fourth-order valence-electron chi connectivity index (χ4n) is 3.54. The number of hydrogen-bond donors (Lipinski definition) is 1. The summed E-state index contributed by atoms with van der Waals surface area (Å²) in [6.07, 6.45) is 2.72. The van der Waals surface area contributed by atoms with Crippen LogP contribution >= 0.6 is 0 Å². The Bertz CT molecular complexity index is 1360. The Kier molecular flexibility index (Phi) is 8.29. The zero-order chi connectivity index (χ0) is 25.3. The van der Waals surface area contributed by atoms with E-state index in [-0.39, 0.29) is 0 Å². The number of aryl methyl sites for hydroxylation is 1. The number of hydrazone groups is 1. The van der Waals surface area contributed by atoms with Crippen molar-refractivity contribution in [2.45, 2.75) is 27.2 Å². The topological polar surface area (TPSA) is 68.1 Å². The van der Waals surface area contributed by atoms with Crippen molar-refractivity contribution in [2.75, 3.05) is 13.7 Å². The minimum absolute atomic E-state index is 0.557. The maximum absolute atomic E-state index is 5.89. The molecule has 0 spiro atoms. The van der Waals surface area contributed by atoms with Crippen molar-refractivity contribution in [3.05, 3.63) is 95.7 Å². The Labute approximate surface area is 212 Å². The average molecular weight is 481 g/mol. The van der Waals surface area contributed by atoms with Gasteiger partial charge in [0.05, 0.1) is 31.1 Å². The third kappa shape index (κ3) is 6.69. The lowest BCUT2D eigenvalue weighted by Crippen LogP contribution is -2.20. The molecule has 0 aliphatic heterocycles. The van der Waals surface area contributed by atoms with E-state index in [0.29, 0.717) is 29.8 Å². The summed E-state index contributed by atoms with van der Waals surface area (Å²) in [5.74, 6) is 2.54. The van der Waals surface area contributed by atoms with Gasteiger partial charge in [-0.2, -0.15) is 5.10 Å². The summed E-state index contributed by atoms with van der Waals surface area (Å²) in [5.41, 5.74) is 7.57. The van der Waals surface area contributed by atoms with Crippen LogP contribution < -0.4 is 14.9 Å². The standard InChI is InChI=1S/C30H32N4O2/c1-21(2)17-18-36-28-16-11-23(19-29(28)35-4)20-31-34-30(32-25-13-9-22(3)10-14-25)27-15-12-24-7-5-6-8-26(24)33-27/h5-16,19-21H,17-18H2,1-4H3,(H,32,34). The SMILES string of the molecule is COc1cc(C=NNC(=Nc2ccc(C)cc2)c2ccc3ccccc3n2)ccc1OCCC(C)C. The van der Waals surface area contributed by atoms with Crippen molar-refractivity contribution >= 4 is 28.6 Å². The van der Waals surface area contributed by atoms with Crippen molar-refractivity contribution in [2.24, 2.45) is 16.0 Å². The minimum Gasteiger partial charge on any atom is -0.493 e. The molecule has 0 bridgehead atoms. The number of nitrogens with zero attached hydrogens (tertiary/aromatic N) is 3. The van der Waals surface area contributed by atoms with Crippen LogP contribution in [-0.2, 0) is 0 Å². The molecule has 36 heavy (non-hydrogen) atoms. The van der Waals surface area contributed by atoms with E-state index in [1.165, 1.54) is 5.56 Å². The Morgan fingerprint density at radius 2 is 1.78 bits per heavy atom. The van der Waals surface area contributed by atoms with Gasteiger partial charge in [-0.1, -0.05) is 55.8 Å². The van der Waals surface area contributed by atoms with Crippen molar-refractivity contribution in [1.82, 2.24) is 10.4 Å². The van der Waals surface area contributed by atoms with Crippen LogP contribution in [0.2, 0.25) is 0 Å². The molecule has 184 valence electrons. The monoisotopic (exact) mass is 480 g/mol. The van der Waals surface area contributed by atoms with Crippen LogP contribution in [-0.4, -0.2) is 30.8 Å². The number of rotatable bonds is 9. The highest BCUT2D eigenvalue weighted by Crippen LogP contribution is 2.28. The highest BCUT2D eigenvalue weighted by molar-refractivity contribution is 6.00. The average Bonchev–Trinajstić information content (AvgIpc) is 2.89. The van der Waals surface area contributed by atoms with E-state index >= 15 is 0 Å². The molecule has 0 saturated carbocycles. The van der Waals surface area contributed by atoms with Gasteiger partial charge in [-0.25, -0.2) is 9.98 Å². The molecule has 0 unspecified atom stereocenters. The quantitative estimate of drug-likeness (QED) is 0.165. The molecule has 4 rings (SSSR count). The predicted octanol–water partition coefficient (Wildman–Crippen LogP) is 6.68. The van der Waals surface area contributed by atoms with Crippen LogP contribution in [0.3, 0.4) is 0 Å². The summed E-state index contributed by atoms with van der Waals surface area (Å²) in [7, 11) is 1.64. The van der Waals surface area contributed by atoms with E-state index in [1.54, 1.807) is 13.3 Å². The lowest BCUT2D eigenvalue weighted by Gasteiger charge is -2.12. The number of aromatic nitrogens is 1. The number of para-hydroxylation sites is 1. The molecule has 0 radical (unpaired) electrons. The lowest BCUT2D eigenvalue weighted by atomic mass is 10.1. The molecule has 0 aliphatic rings. The number of benzene rings is 3. The Hall–Kier alpha value is -4.19. The van der Waals surface area contributed by atoms with Crippen molar-refractivity contribution in [1.29, 1.82) is 0 Å². The molecule has 0 aliphatic carbocycles. The third-order valence-corrected chi connectivity index (χ3v) is 5.64. The Balaban J connectivity index is 1.57. The van der Waals surface area contributed by atoms with Gasteiger partial charge in [0.25, 0.3) is 0 Å². The Morgan fingerprint density at radius 3 is 2.56 bits per heavy atom. The van der Waals surface area contributed by atoms with E-state index in [0.717, 1.165) is 34.3 Å². The van der Waals surface area contributed by atoms with Gasteiger partial charge in [-0.05, 0) is 67.3 Å². The van der Waals surface area contributed by atoms with Gasteiger partial charge in [-0.3, -0.25) is 5.43 Å². The number of nitrogens with one attached hydrogen (secondary N) is 1. The maximum atomic E-state index is 5.89. The van der Waals surface area contributed by atoms with Gasteiger partial charge in [0, 0.05) is 5.39 Å². The summed E-state index contributed by atoms with van der Waals surface area (Å²) in [4.78, 5) is 9.58. The van der Waals surface area contributed by atoms with Crippen LogP contribution in [0.4, 0.5) is 5.69 Å². The second kappa shape index (κ2) is 12.0. The molecule has 0 saturated heterocycles. The van der Waals surface area contributed by atoms with E-state index in [1.807, 2.05) is 78.9 Å². The number of methoxy groups -OCH3 is 1. The number of amidine groups is 1. The number of ether oxygens (including phenoxy) is 2. The normalized spacial score (nSPS) is 11.9. The molecule has 1 N–H and O–H groups in total. The van der Waals surface area contributed by atoms with Gasteiger partial charge in [0.2, 0.25) is 0 Å². The minimum atomic E-state index is 0.557. The van der Waals surface area contributed by atoms with Crippen molar-refractivity contribution < 1.29 is 9.47 Å². The second-order valence-electron chi connectivity index (χ2n) is 9.00. The first kappa shape index (κ1) is 24.9. The molecule has 6 heteroatoms. The molecule has 0 amide bonds. The van der Waals surface area contributed by atoms with Crippen LogP contribution in [0, 0.1) is 12.8 Å². The summed E-state index contributed by atoms with van der Waals surface area (Å²) < 4.78 is 11.4. The molecule has 4 aromatic rings. The van der Waals surface area contributed by atoms with Crippen LogP contribution in [0.5, 0.6) is 11.5 Å². The van der Waals surface area contributed by atoms with E-state index in [9.17, 15) is 0 Å². The highest BCUT2D eigenvalue weighted by atomic mass is 16.5. The van der Waals surface area contributed by atoms with Crippen LogP contribution in [0.1, 0.15) is 37.1 Å². The van der Waals surface area contributed by atoms with Crippen molar-refractivity contribution in [3.63, 3.8) is 0 Å². The Morgan fingerprint density at radius 1 is 0.972 bits per heavy atom. The highest BCUT2D eigenvalue weighted by Gasteiger charge is 2.08. The summed E-state index contributed by atoms with van der Waals surface area (Å²) in [6, 6.07) is 25.8. The fourth-order valence-corrected chi connectivity index (χ4v) is 3.54. The number of pyridine rings is 1. The molecule has 1 heterocycles. The largest absolute Gasteiger partial charge is 0.493 e. The number of hydrogen-bond acceptors (Lipinski definition) is 5. The second-order valence-corrected chi connectivity index (χ2v) is 9.00. The first-order chi connectivity index (χ1) is 17.5. The molecule has 0 atom stereocenters. The first-order valence-corrected chi connectivity index (χ1v) is 12.1. The van der Waals surface area contributed by atoms with E-state index in [4.69, 9.17) is 19.5 Å². The van der Waals surface area contributed by atoms with Gasteiger partial charge in [-0.15, -0.1) is 0 Å². The smallest absolute Gasteiger partial charge is 0.173 e. The molecule has 1 aromatic heterocycles. The summed E-state index contributed by atoms with van der Waals surface area (Å²) in [6.45, 7) is 7.06. The van der Waals surface area contributed by atoms with Gasteiger partial charge < -0.3 is 9.47 Å². The zero-order valence-corrected chi connectivity index (χ0v) is 21.2. The molecular weight excluding hydrogens is 448 g/mol. The molecule has 3 aromatic carbocycles. The van der Waals surface area contributed by atoms with E-state index in [2.05, 4.69) is 31.3 Å². The summed E-state index contributed by atoms with van der Waals surface area (Å²) in [5, 5.41) is 5.53. The third-order valence-electron chi connectivity index (χ3n) is 5.64. The van der Waals surface area contributed by atoms with Crippen molar-refractivity contribution in [3.8, 4) is 11.5 Å². The van der Waals surface area contributed by atoms with Gasteiger partial charge in [0.1, 0.15) is 5.69 Å².